The zero-order chi connectivity index (χ0) is 23.2. The van der Waals surface area contributed by atoms with Gasteiger partial charge in [0.15, 0.2) is 5.78 Å². The van der Waals surface area contributed by atoms with Crippen LogP contribution in [-0.2, 0) is 0 Å². The van der Waals surface area contributed by atoms with Crippen molar-refractivity contribution >= 4 is 11.5 Å². The summed E-state index contributed by atoms with van der Waals surface area (Å²) >= 11 is 0. The Bertz CT molecular complexity index is 851. The van der Waals surface area contributed by atoms with Crippen molar-refractivity contribution < 1.29 is 19.6 Å². The number of aromatic hydroxyl groups is 1. The van der Waals surface area contributed by atoms with Gasteiger partial charge in [-0.3, -0.25) is 14.9 Å². The number of carbonyl (C=O) groups excluding carboxylic acids is 1. The summed E-state index contributed by atoms with van der Waals surface area (Å²) in [5, 5.41) is 21.8. The van der Waals surface area contributed by atoms with Crippen LogP contribution in [0.1, 0.15) is 93.5 Å². The Labute approximate surface area is 190 Å². The van der Waals surface area contributed by atoms with E-state index in [1.165, 1.54) is 57.4 Å². The molecule has 174 valence electrons. The van der Waals surface area contributed by atoms with Gasteiger partial charge >= 0.3 is 5.69 Å². The second kappa shape index (κ2) is 14.2. The molecule has 0 fully saturated rings. The van der Waals surface area contributed by atoms with E-state index in [2.05, 4.69) is 6.92 Å². The fraction of sp³-hybridized carbons (Fsp3) is 0.500. The van der Waals surface area contributed by atoms with E-state index in [-0.39, 0.29) is 22.7 Å². The third kappa shape index (κ3) is 8.33. The monoisotopic (exact) mass is 441 g/mol. The average Bonchev–Trinajstić information content (AvgIpc) is 2.79. The summed E-state index contributed by atoms with van der Waals surface area (Å²) in [6.45, 7) is 2.57. The summed E-state index contributed by atoms with van der Waals surface area (Å²) in [6, 6.07) is 10.6. The van der Waals surface area contributed by atoms with Crippen LogP contribution in [0.25, 0.3) is 0 Å². The molecule has 0 radical (unpaired) electrons. The molecular formula is C26H35NO5. The summed E-state index contributed by atoms with van der Waals surface area (Å²) in [5.41, 5.74) is -0.0678. The number of carbonyl (C=O) groups is 1. The van der Waals surface area contributed by atoms with Crippen molar-refractivity contribution in [1.29, 1.82) is 0 Å². The number of phenolic OH excluding ortho intramolecular Hbond substituents is 1. The lowest BCUT2D eigenvalue weighted by Crippen LogP contribution is -2.05. The first kappa shape index (κ1) is 25.4. The molecule has 0 aromatic heterocycles. The van der Waals surface area contributed by atoms with Crippen molar-refractivity contribution in [3.63, 3.8) is 0 Å². The molecule has 0 aliphatic rings. The minimum Gasteiger partial charge on any atom is -0.507 e. The van der Waals surface area contributed by atoms with Gasteiger partial charge in [-0.15, -0.1) is 0 Å². The number of unbranched alkanes of at least 4 members (excludes halogenated alkanes) is 10. The van der Waals surface area contributed by atoms with Crippen molar-refractivity contribution in [2.75, 3.05) is 6.61 Å². The number of nitro benzene ring substituents is 1. The van der Waals surface area contributed by atoms with Gasteiger partial charge < -0.3 is 9.84 Å². The molecule has 2 aromatic carbocycles. The molecule has 0 aliphatic carbocycles. The molecule has 6 nitrogen and oxygen atoms in total. The van der Waals surface area contributed by atoms with E-state index in [1.54, 1.807) is 30.3 Å². The van der Waals surface area contributed by atoms with Crippen molar-refractivity contribution in [1.82, 2.24) is 0 Å². The SMILES string of the molecule is CCCCCCCCCCCCCOc1cc(O)c(C(=O)c2ccccc2)cc1[N+](=O)[O-]. The fourth-order valence-electron chi connectivity index (χ4n) is 3.69. The zero-order valence-electron chi connectivity index (χ0n) is 19.1. The van der Waals surface area contributed by atoms with E-state index in [4.69, 9.17) is 4.74 Å². The van der Waals surface area contributed by atoms with Gasteiger partial charge in [0.25, 0.3) is 0 Å². The average molecular weight is 442 g/mol. The Balaban J connectivity index is 1.79. The number of hydrogen-bond donors (Lipinski definition) is 1. The second-order valence-electron chi connectivity index (χ2n) is 8.17. The van der Waals surface area contributed by atoms with Crippen molar-refractivity contribution in [3.8, 4) is 11.5 Å². The number of nitrogens with zero attached hydrogens (tertiary/aromatic N) is 1. The number of ether oxygens (including phenoxy) is 1. The topological polar surface area (TPSA) is 89.7 Å². The molecule has 0 heterocycles. The highest BCUT2D eigenvalue weighted by Gasteiger charge is 2.23. The molecule has 0 aliphatic heterocycles. The standard InChI is InChI=1S/C26H35NO5/c1-2-3-4-5-6-7-8-9-10-11-15-18-32-25-20-24(28)22(19-23(25)27(30)31)26(29)21-16-13-12-14-17-21/h12-14,16-17,19-20,28H,2-11,15,18H2,1H3. The van der Waals surface area contributed by atoms with E-state index in [9.17, 15) is 20.0 Å². The molecule has 0 atom stereocenters. The maximum atomic E-state index is 12.6. The Morgan fingerprint density at radius 3 is 2.03 bits per heavy atom. The highest BCUT2D eigenvalue weighted by Crippen LogP contribution is 2.35. The third-order valence-electron chi connectivity index (χ3n) is 5.56. The van der Waals surface area contributed by atoms with Crippen LogP contribution in [0.2, 0.25) is 0 Å². The maximum absolute atomic E-state index is 12.6. The highest BCUT2D eigenvalue weighted by atomic mass is 16.6. The number of phenols is 1. The van der Waals surface area contributed by atoms with Crippen molar-refractivity contribution in [2.24, 2.45) is 0 Å². The van der Waals surface area contributed by atoms with E-state index in [0.717, 1.165) is 25.3 Å². The van der Waals surface area contributed by atoms with Gasteiger partial charge in [-0.1, -0.05) is 101 Å². The van der Waals surface area contributed by atoms with Crippen LogP contribution in [0, 0.1) is 10.1 Å². The van der Waals surface area contributed by atoms with Crippen LogP contribution in [0.15, 0.2) is 42.5 Å². The quantitative estimate of drug-likeness (QED) is 0.128. The first-order chi connectivity index (χ1) is 15.5. The molecule has 0 spiro atoms. The first-order valence-corrected chi connectivity index (χ1v) is 11.8. The van der Waals surface area contributed by atoms with E-state index >= 15 is 0 Å². The molecule has 6 heteroatoms. The molecular weight excluding hydrogens is 406 g/mol. The number of ketones is 1. The fourth-order valence-corrected chi connectivity index (χ4v) is 3.69. The molecule has 0 bridgehead atoms. The van der Waals surface area contributed by atoms with Gasteiger partial charge in [0, 0.05) is 17.7 Å². The van der Waals surface area contributed by atoms with Crippen LogP contribution in [0.3, 0.4) is 0 Å². The number of hydrogen-bond acceptors (Lipinski definition) is 5. The Morgan fingerprint density at radius 2 is 1.47 bits per heavy atom. The molecule has 32 heavy (non-hydrogen) atoms. The van der Waals surface area contributed by atoms with E-state index < -0.39 is 10.7 Å². The Hall–Kier alpha value is -2.89. The lowest BCUT2D eigenvalue weighted by atomic mass is 10.0. The van der Waals surface area contributed by atoms with Gasteiger partial charge in [-0.25, -0.2) is 0 Å². The summed E-state index contributed by atoms with van der Waals surface area (Å²) in [4.78, 5) is 23.5. The van der Waals surface area contributed by atoms with Gasteiger partial charge in [0.05, 0.1) is 17.1 Å². The van der Waals surface area contributed by atoms with Crippen molar-refractivity contribution in [3.05, 3.63) is 63.7 Å². The molecule has 0 unspecified atom stereocenters. The number of rotatable bonds is 16. The molecule has 2 rings (SSSR count). The summed E-state index contributed by atoms with van der Waals surface area (Å²) < 4.78 is 5.59. The normalized spacial score (nSPS) is 10.8. The zero-order valence-corrected chi connectivity index (χ0v) is 19.1. The van der Waals surface area contributed by atoms with Gasteiger partial charge in [-0.2, -0.15) is 0 Å². The molecule has 0 amide bonds. The van der Waals surface area contributed by atoms with Crippen LogP contribution in [-0.4, -0.2) is 22.4 Å². The van der Waals surface area contributed by atoms with Gasteiger partial charge in [0.2, 0.25) is 5.75 Å². The van der Waals surface area contributed by atoms with Gasteiger partial charge in [-0.05, 0) is 6.42 Å². The minimum atomic E-state index is -0.586. The number of nitro groups is 1. The van der Waals surface area contributed by atoms with E-state index in [1.807, 2.05) is 0 Å². The second-order valence-corrected chi connectivity index (χ2v) is 8.17. The molecule has 0 saturated heterocycles. The summed E-state index contributed by atoms with van der Waals surface area (Å²) in [6.07, 6.45) is 13.3. The summed E-state index contributed by atoms with van der Waals surface area (Å²) in [7, 11) is 0. The predicted molar refractivity (Wildman–Crippen MR) is 127 cm³/mol. The smallest absolute Gasteiger partial charge is 0.311 e. The predicted octanol–water partition coefficient (Wildman–Crippen LogP) is 7.22. The first-order valence-electron chi connectivity index (χ1n) is 11.8. The molecule has 0 saturated carbocycles. The largest absolute Gasteiger partial charge is 0.507 e. The lowest BCUT2D eigenvalue weighted by molar-refractivity contribution is -0.385. The van der Waals surface area contributed by atoms with Crippen LogP contribution in [0.4, 0.5) is 5.69 Å². The van der Waals surface area contributed by atoms with Crippen LogP contribution >= 0.6 is 0 Å². The van der Waals surface area contributed by atoms with Crippen molar-refractivity contribution in [2.45, 2.75) is 77.6 Å². The van der Waals surface area contributed by atoms with Crippen LogP contribution in [0.5, 0.6) is 11.5 Å². The highest BCUT2D eigenvalue weighted by molar-refractivity contribution is 6.11. The third-order valence-corrected chi connectivity index (χ3v) is 5.56. The maximum Gasteiger partial charge on any atom is 0.311 e. The number of benzene rings is 2. The Kier molecular flexibility index (Phi) is 11.3. The molecule has 2 aromatic rings. The summed E-state index contributed by atoms with van der Waals surface area (Å²) in [5.74, 6) is -0.800. The Morgan fingerprint density at radius 1 is 0.906 bits per heavy atom. The van der Waals surface area contributed by atoms with Gasteiger partial charge in [0.1, 0.15) is 5.75 Å². The lowest BCUT2D eigenvalue weighted by Gasteiger charge is -2.10. The van der Waals surface area contributed by atoms with E-state index in [0.29, 0.717) is 12.2 Å². The molecule has 1 N–H and O–H groups in total. The minimum absolute atomic E-state index is 0.0100. The van der Waals surface area contributed by atoms with Crippen LogP contribution < -0.4 is 4.74 Å².